The number of fused-ring (bicyclic) bond motifs is 2. The van der Waals surface area contributed by atoms with E-state index in [9.17, 15) is 19.8 Å². The zero-order valence-corrected chi connectivity index (χ0v) is 35.8. The maximum absolute atomic E-state index is 12.6. The number of aryl methyl sites for hydroxylation is 2. The van der Waals surface area contributed by atoms with Crippen molar-refractivity contribution >= 4 is 23.5 Å². The fraction of sp³-hybridized carbons (Fsp3) is 0.500. The van der Waals surface area contributed by atoms with E-state index in [2.05, 4.69) is 19.8 Å². The second-order valence-electron chi connectivity index (χ2n) is 16.3. The number of amides is 2. The Morgan fingerprint density at radius 3 is 1.32 bits per heavy atom. The smallest absolute Gasteiger partial charge is 0.256 e. The Bertz CT molecular complexity index is 2040. The van der Waals surface area contributed by atoms with Gasteiger partial charge in [-0.2, -0.15) is 0 Å². The van der Waals surface area contributed by atoms with Gasteiger partial charge in [0, 0.05) is 78.1 Å². The van der Waals surface area contributed by atoms with E-state index in [-0.39, 0.29) is 37.2 Å². The SMILES string of the molecule is COc1ccc(OC2CCN(c3nc4c(cc3C)C(=O)N(C)[C@@]4(C)CO)CC2)cn1.COc1ccc(OC2CCN(c3nc4c(cc3C)C(=O)N(C)[C@]4(C)CO)CC2)cn1. The average molecular weight is 825 g/mol. The summed E-state index contributed by atoms with van der Waals surface area (Å²) in [4.78, 5) is 50.9. The second-order valence-corrected chi connectivity index (χ2v) is 16.3. The molecule has 4 aromatic heterocycles. The molecule has 8 rings (SSSR count). The average Bonchev–Trinajstić information content (AvgIpc) is 3.57. The lowest BCUT2D eigenvalue weighted by atomic mass is 9.97. The number of likely N-dealkylation sites (N-methyl/N-ethyl adjacent to an activating group) is 2. The number of aliphatic hydroxyl groups excluding tert-OH is 2. The first-order valence-corrected chi connectivity index (χ1v) is 20.4. The molecule has 8 heterocycles. The van der Waals surface area contributed by atoms with Crippen LogP contribution in [0.5, 0.6) is 23.3 Å². The Kier molecular flexibility index (Phi) is 12.1. The third-order valence-electron chi connectivity index (χ3n) is 12.5. The Balaban J connectivity index is 0.000000181. The Labute approximate surface area is 351 Å². The van der Waals surface area contributed by atoms with Crippen molar-refractivity contribution in [2.75, 3.05) is 77.5 Å². The minimum absolute atomic E-state index is 0.0936. The van der Waals surface area contributed by atoms with Gasteiger partial charge in [0.2, 0.25) is 11.8 Å². The van der Waals surface area contributed by atoms with Gasteiger partial charge in [-0.1, -0.05) is 0 Å². The fourth-order valence-corrected chi connectivity index (χ4v) is 8.35. The third kappa shape index (κ3) is 7.85. The molecule has 2 amide bonds. The van der Waals surface area contributed by atoms with Gasteiger partial charge in [-0.15, -0.1) is 0 Å². The standard InChI is InChI=1S/2C22H28N4O4/c2*1-14-11-17-19(22(2,13-27)25(3)21(17)28)24-20(14)26-9-7-15(8-10-26)30-16-5-6-18(29-4)23-12-16/h2*5-6,11-12,15,27H,7-10,13H2,1-4H3/t2*22-/m10/s1. The van der Waals surface area contributed by atoms with Gasteiger partial charge in [-0.3, -0.25) is 9.59 Å². The first-order valence-electron chi connectivity index (χ1n) is 20.4. The first kappa shape index (κ1) is 42.4. The van der Waals surface area contributed by atoms with Crippen LogP contribution in [-0.2, 0) is 11.1 Å². The van der Waals surface area contributed by atoms with Gasteiger partial charge in [0.1, 0.15) is 46.4 Å². The quantitative estimate of drug-likeness (QED) is 0.232. The molecule has 0 spiro atoms. The van der Waals surface area contributed by atoms with Gasteiger partial charge in [0.25, 0.3) is 11.8 Å². The number of rotatable bonds is 10. The lowest BCUT2D eigenvalue weighted by Gasteiger charge is -2.35. The minimum atomic E-state index is -0.794. The molecule has 4 aromatic rings. The van der Waals surface area contributed by atoms with Crippen molar-refractivity contribution in [1.29, 1.82) is 0 Å². The molecular formula is C44H56N8O8. The summed E-state index contributed by atoms with van der Waals surface area (Å²) in [6.45, 7) is 10.6. The number of nitrogens with zero attached hydrogens (tertiary/aromatic N) is 8. The van der Waals surface area contributed by atoms with Gasteiger partial charge in [-0.25, -0.2) is 19.9 Å². The molecule has 0 bridgehead atoms. The molecule has 0 radical (unpaired) electrons. The van der Waals surface area contributed by atoms with Crippen LogP contribution in [0.1, 0.15) is 82.8 Å². The Hall–Kier alpha value is -5.74. The summed E-state index contributed by atoms with van der Waals surface area (Å²) in [6.07, 6.45) is 7.03. The topological polar surface area (TPSA) is 176 Å². The number of ether oxygens (including phenoxy) is 4. The second kappa shape index (κ2) is 17.1. The molecular weight excluding hydrogens is 769 g/mol. The van der Waals surface area contributed by atoms with E-state index in [1.165, 1.54) is 0 Å². The number of methoxy groups -OCH3 is 2. The molecule has 60 heavy (non-hydrogen) atoms. The summed E-state index contributed by atoms with van der Waals surface area (Å²) in [7, 11) is 6.60. The van der Waals surface area contributed by atoms with Crippen LogP contribution >= 0.6 is 0 Å². The summed E-state index contributed by atoms with van der Waals surface area (Å²) in [5.41, 5.74) is 2.82. The van der Waals surface area contributed by atoms with Crippen LogP contribution < -0.4 is 28.7 Å². The highest BCUT2D eigenvalue weighted by Crippen LogP contribution is 2.40. The lowest BCUT2D eigenvalue weighted by molar-refractivity contribution is 0.0484. The zero-order chi connectivity index (χ0) is 42.9. The van der Waals surface area contributed by atoms with Crippen LogP contribution in [0.4, 0.5) is 11.6 Å². The van der Waals surface area contributed by atoms with Crippen LogP contribution in [0.3, 0.4) is 0 Å². The Morgan fingerprint density at radius 2 is 1.02 bits per heavy atom. The molecule has 0 unspecified atom stereocenters. The zero-order valence-electron chi connectivity index (χ0n) is 35.8. The summed E-state index contributed by atoms with van der Waals surface area (Å²) in [5.74, 6) is 4.17. The summed E-state index contributed by atoms with van der Waals surface area (Å²) in [5, 5.41) is 19.9. The number of pyridine rings is 4. The molecule has 4 aliphatic rings. The normalized spacial score (nSPS) is 21.7. The molecule has 2 atom stereocenters. The van der Waals surface area contributed by atoms with Gasteiger partial charge >= 0.3 is 0 Å². The molecule has 16 nitrogen and oxygen atoms in total. The summed E-state index contributed by atoms with van der Waals surface area (Å²) in [6, 6.07) is 11.1. The molecule has 0 aliphatic carbocycles. The number of carbonyl (C=O) groups excluding carboxylic acids is 2. The molecule has 0 aromatic carbocycles. The predicted molar refractivity (Wildman–Crippen MR) is 224 cm³/mol. The first-order chi connectivity index (χ1) is 28.7. The van der Waals surface area contributed by atoms with Crippen molar-refractivity contribution in [3.05, 3.63) is 82.4 Å². The minimum Gasteiger partial charge on any atom is -0.489 e. The van der Waals surface area contributed by atoms with E-state index in [0.717, 1.165) is 86.1 Å². The number of anilines is 2. The van der Waals surface area contributed by atoms with Crippen molar-refractivity contribution in [1.82, 2.24) is 29.7 Å². The van der Waals surface area contributed by atoms with E-state index in [0.29, 0.717) is 34.3 Å². The maximum Gasteiger partial charge on any atom is 0.256 e. The molecule has 2 saturated heterocycles. The number of carbonyl (C=O) groups is 2. The van der Waals surface area contributed by atoms with Gasteiger partial charge in [0.15, 0.2) is 0 Å². The van der Waals surface area contributed by atoms with Gasteiger partial charge in [0.05, 0.1) is 62.3 Å². The van der Waals surface area contributed by atoms with Crippen LogP contribution in [0.2, 0.25) is 0 Å². The number of hydrogen-bond acceptors (Lipinski definition) is 14. The highest BCUT2D eigenvalue weighted by atomic mass is 16.5. The maximum atomic E-state index is 12.6. The highest BCUT2D eigenvalue weighted by Gasteiger charge is 2.47. The van der Waals surface area contributed by atoms with Crippen molar-refractivity contribution in [3.63, 3.8) is 0 Å². The van der Waals surface area contributed by atoms with E-state index in [4.69, 9.17) is 28.9 Å². The van der Waals surface area contributed by atoms with Crippen LogP contribution in [-0.4, -0.2) is 132 Å². The summed E-state index contributed by atoms with van der Waals surface area (Å²) < 4.78 is 22.3. The fourth-order valence-electron chi connectivity index (χ4n) is 8.35. The van der Waals surface area contributed by atoms with Crippen LogP contribution in [0, 0.1) is 13.8 Å². The van der Waals surface area contributed by atoms with Crippen molar-refractivity contribution in [3.8, 4) is 23.3 Å². The van der Waals surface area contributed by atoms with E-state index >= 15 is 0 Å². The molecule has 16 heteroatoms. The van der Waals surface area contributed by atoms with Gasteiger partial charge < -0.3 is 48.8 Å². The van der Waals surface area contributed by atoms with E-state index in [1.807, 2.05) is 52.0 Å². The van der Waals surface area contributed by atoms with Crippen molar-refractivity contribution < 1.29 is 38.7 Å². The monoisotopic (exact) mass is 824 g/mol. The molecule has 4 aliphatic heterocycles. The van der Waals surface area contributed by atoms with Crippen LogP contribution in [0.25, 0.3) is 0 Å². The van der Waals surface area contributed by atoms with Gasteiger partial charge in [-0.05, 0) is 63.1 Å². The van der Waals surface area contributed by atoms with E-state index < -0.39 is 11.1 Å². The molecule has 2 N–H and O–H groups in total. The van der Waals surface area contributed by atoms with E-state index in [1.54, 1.807) is 62.6 Å². The number of piperidine rings is 2. The predicted octanol–water partition coefficient (Wildman–Crippen LogP) is 4.27. The number of hydrogen-bond donors (Lipinski definition) is 2. The summed E-state index contributed by atoms with van der Waals surface area (Å²) >= 11 is 0. The molecule has 320 valence electrons. The Morgan fingerprint density at radius 1 is 0.650 bits per heavy atom. The number of aromatic nitrogens is 4. The lowest BCUT2D eigenvalue weighted by Crippen LogP contribution is -2.42. The van der Waals surface area contributed by atoms with Crippen molar-refractivity contribution in [2.45, 2.75) is 76.7 Å². The van der Waals surface area contributed by atoms with Crippen molar-refractivity contribution in [2.24, 2.45) is 0 Å². The number of aliphatic hydroxyl groups is 2. The third-order valence-corrected chi connectivity index (χ3v) is 12.5. The molecule has 0 saturated carbocycles. The highest BCUT2D eigenvalue weighted by molar-refractivity contribution is 6.00. The molecule has 2 fully saturated rings. The largest absolute Gasteiger partial charge is 0.489 e. The van der Waals surface area contributed by atoms with Crippen LogP contribution in [0.15, 0.2) is 48.8 Å².